The molecule has 0 atom stereocenters. The molecule has 152 valence electrons. The fourth-order valence-electron chi connectivity index (χ4n) is 2.11. The molecule has 1 N–H and O–H groups in total. The van der Waals surface area contributed by atoms with Crippen LogP contribution >= 0.6 is 23.2 Å². The molecule has 0 fully saturated rings. The summed E-state index contributed by atoms with van der Waals surface area (Å²) in [6.07, 6.45) is -1.04. The van der Waals surface area contributed by atoms with E-state index in [0.29, 0.717) is 0 Å². The number of halogens is 2. The zero-order chi connectivity index (χ0) is 21.7. The second-order valence-corrected chi connectivity index (χ2v) is 6.46. The second kappa shape index (κ2) is 9.22. The van der Waals surface area contributed by atoms with Crippen molar-refractivity contribution in [2.75, 3.05) is 18.9 Å². The Labute approximate surface area is 173 Å². The smallest absolute Gasteiger partial charge is 0.415 e. The summed E-state index contributed by atoms with van der Waals surface area (Å²) >= 11 is 11.9. The van der Waals surface area contributed by atoms with E-state index >= 15 is 0 Å². The molecular formula is C17H12Cl2N3O7-. The Bertz CT molecular complexity index is 997. The quantitative estimate of drug-likeness (QED) is 0.536. The van der Waals surface area contributed by atoms with Crippen molar-refractivity contribution < 1.29 is 29.2 Å². The average Bonchev–Trinajstić information content (AvgIpc) is 2.63. The lowest BCUT2D eigenvalue weighted by Gasteiger charge is -2.18. The number of ether oxygens (including phenoxy) is 1. The SMILES string of the molecule is CN(CC(=O)[O-])C(=O)Oc1ccc(Cl)cc1C(=O)Nc1ccc([N+](=O)[O-])cc1Cl. The van der Waals surface area contributed by atoms with Crippen LogP contribution in [0.25, 0.3) is 0 Å². The van der Waals surface area contributed by atoms with Crippen LogP contribution in [0.1, 0.15) is 10.4 Å². The Morgan fingerprint density at radius 1 is 1.17 bits per heavy atom. The highest BCUT2D eigenvalue weighted by Gasteiger charge is 2.20. The van der Waals surface area contributed by atoms with Gasteiger partial charge in [-0.3, -0.25) is 14.9 Å². The van der Waals surface area contributed by atoms with Crippen LogP contribution in [0, 0.1) is 10.1 Å². The van der Waals surface area contributed by atoms with Crippen molar-refractivity contribution in [1.82, 2.24) is 4.90 Å². The molecule has 10 nitrogen and oxygen atoms in total. The van der Waals surface area contributed by atoms with Gasteiger partial charge in [0, 0.05) is 24.2 Å². The lowest BCUT2D eigenvalue weighted by atomic mass is 10.1. The van der Waals surface area contributed by atoms with E-state index < -0.39 is 29.4 Å². The number of benzene rings is 2. The summed E-state index contributed by atoms with van der Waals surface area (Å²) in [6, 6.07) is 7.28. The predicted molar refractivity (Wildman–Crippen MR) is 101 cm³/mol. The molecule has 2 rings (SSSR count). The first-order valence-corrected chi connectivity index (χ1v) is 8.51. The number of hydrogen-bond acceptors (Lipinski definition) is 7. The van der Waals surface area contributed by atoms with Crippen LogP contribution in [0.3, 0.4) is 0 Å². The van der Waals surface area contributed by atoms with E-state index in [2.05, 4.69) is 5.32 Å². The first-order chi connectivity index (χ1) is 13.6. The van der Waals surface area contributed by atoms with Gasteiger partial charge in [0.2, 0.25) is 0 Å². The Kier molecular flexibility index (Phi) is 6.97. The molecule has 0 aliphatic rings. The summed E-state index contributed by atoms with van der Waals surface area (Å²) in [7, 11) is 1.17. The third-order valence-electron chi connectivity index (χ3n) is 3.47. The largest absolute Gasteiger partial charge is 0.548 e. The van der Waals surface area contributed by atoms with E-state index in [-0.39, 0.29) is 32.7 Å². The second-order valence-electron chi connectivity index (χ2n) is 5.61. The minimum absolute atomic E-state index is 0.0774. The van der Waals surface area contributed by atoms with E-state index in [9.17, 15) is 29.6 Å². The summed E-state index contributed by atoms with van der Waals surface area (Å²) in [6.45, 7) is -0.716. The van der Waals surface area contributed by atoms with Crippen LogP contribution in [0.2, 0.25) is 10.0 Å². The maximum absolute atomic E-state index is 12.6. The molecule has 0 heterocycles. The molecule has 0 saturated heterocycles. The van der Waals surface area contributed by atoms with Gasteiger partial charge in [0.1, 0.15) is 5.75 Å². The van der Waals surface area contributed by atoms with Crippen molar-refractivity contribution in [3.8, 4) is 5.75 Å². The van der Waals surface area contributed by atoms with Crippen LogP contribution < -0.4 is 15.2 Å². The Balaban J connectivity index is 2.26. The average molecular weight is 441 g/mol. The van der Waals surface area contributed by atoms with Gasteiger partial charge in [0.05, 0.1) is 33.7 Å². The summed E-state index contributed by atoms with van der Waals surface area (Å²) in [4.78, 5) is 46.0. The van der Waals surface area contributed by atoms with E-state index in [1.54, 1.807) is 0 Å². The van der Waals surface area contributed by atoms with Gasteiger partial charge in [-0.2, -0.15) is 0 Å². The van der Waals surface area contributed by atoms with Crippen molar-refractivity contribution in [3.63, 3.8) is 0 Å². The topological polar surface area (TPSA) is 142 Å². The Morgan fingerprint density at radius 3 is 2.45 bits per heavy atom. The molecule has 0 aliphatic heterocycles. The standard InChI is InChI=1S/C17H13Cl2N3O7/c1-21(8-15(23)24)17(26)29-14-5-2-9(18)6-11(14)16(25)20-13-4-3-10(22(27)28)7-12(13)19/h2-7H,8H2,1H3,(H,20,25)(H,23,24)/p-1. The number of aliphatic carboxylic acids is 1. The van der Waals surface area contributed by atoms with Gasteiger partial charge in [-0.05, 0) is 24.3 Å². The zero-order valence-corrected chi connectivity index (χ0v) is 16.2. The van der Waals surface area contributed by atoms with Crippen LogP contribution in [0.5, 0.6) is 5.75 Å². The first-order valence-electron chi connectivity index (χ1n) is 7.76. The van der Waals surface area contributed by atoms with Crippen molar-refractivity contribution in [3.05, 3.63) is 62.1 Å². The summed E-state index contributed by atoms with van der Waals surface area (Å²) < 4.78 is 5.06. The molecule has 2 aromatic carbocycles. The van der Waals surface area contributed by atoms with Crippen LogP contribution in [0.4, 0.5) is 16.2 Å². The monoisotopic (exact) mass is 440 g/mol. The molecule has 2 aromatic rings. The van der Waals surface area contributed by atoms with Crippen molar-refractivity contribution in [1.29, 1.82) is 0 Å². The van der Waals surface area contributed by atoms with Gasteiger partial charge >= 0.3 is 6.09 Å². The van der Waals surface area contributed by atoms with Gasteiger partial charge in [0.15, 0.2) is 0 Å². The molecule has 0 spiro atoms. The van der Waals surface area contributed by atoms with Crippen LogP contribution in [-0.4, -0.2) is 41.4 Å². The van der Waals surface area contributed by atoms with Crippen LogP contribution in [-0.2, 0) is 4.79 Å². The van der Waals surface area contributed by atoms with E-state index in [4.69, 9.17) is 27.9 Å². The lowest BCUT2D eigenvalue weighted by molar-refractivity contribution is -0.384. The number of nitrogens with one attached hydrogen (secondary N) is 1. The number of carboxylic acids is 1. The summed E-state index contributed by atoms with van der Waals surface area (Å²) in [5.41, 5.74) is -0.336. The number of hydrogen-bond donors (Lipinski definition) is 1. The lowest BCUT2D eigenvalue weighted by Crippen LogP contribution is -2.40. The molecule has 2 amide bonds. The Hall–Kier alpha value is -3.37. The van der Waals surface area contributed by atoms with E-state index in [1.807, 2.05) is 0 Å². The van der Waals surface area contributed by atoms with E-state index in [0.717, 1.165) is 17.0 Å². The number of carbonyl (C=O) groups excluding carboxylic acids is 3. The van der Waals surface area contributed by atoms with Gasteiger partial charge in [-0.1, -0.05) is 23.2 Å². The molecule has 0 bridgehead atoms. The summed E-state index contributed by atoms with van der Waals surface area (Å²) in [5.74, 6) is -2.46. The maximum Gasteiger partial charge on any atom is 0.415 e. The number of likely N-dealkylation sites (N-methyl/N-ethyl adjacent to an activating group) is 1. The maximum atomic E-state index is 12.6. The third-order valence-corrected chi connectivity index (χ3v) is 4.02. The van der Waals surface area contributed by atoms with Gasteiger partial charge in [0.25, 0.3) is 11.6 Å². The fourth-order valence-corrected chi connectivity index (χ4v) is 2.50. The van der Waals surface area contributed by atoms with Crippen molar-refractivity contribution >= 4 is 52.5 Å². The number of nitrogens with zero attached hydrogens (tertiary/aromatic N) is 2. The first kappa shape index (κ1) is 21.9. The highest BCUT2D eigenvalue weighted by molar-refractivity contribution is 6.34. The summed E-state index contributed by atoms with van der Waals surface area (Å²) in [5, 5.41) is 23.9. The minimum atomic E-state index is -1.49. The molecule has 0 aliphatic carbocycles. The highest BCUT2D eigenvalue weighted by Crippen LogP contribution is 2.29. The number of nitro groups is 1. The van der Waals surface area contributed by atoms with Crippen molar-refractivity contribution in [2.24, 2.45) is 0 Å². The molecule has 12 heteroatoms. The van der Waals surface area contributed by atoms with Crippen LogP contribution in [0.15, 0.2) is 36.4 Å². The number of anilines is 1. The van der Waals surface area contributed by atoms with Gasteiger partial charge in [-0.25, -0.2) is 4.79 Å². The minimum Gasteiger partial charge on any atom is -0.548 e. The number of rotatable bonds is 6. The molecule has 0 saturated carbocycles. The normalized spacial score (nSPS) is 10.2. The third kappa shape index (κ3) is 5.80. The van der Waals surface area contributed by atoms with E-state index in [1.165, 1.54) is 31.3 Å². The molecular weight excluding hydrogens is 429 g/mol. The molecule has 0 radical (unpaired) electrons. The number of carbonyl (C=O) groups is 3. The highest BCUT2D eigenvalue weighted by atomic mass is 35.5. The van der Waals surface area contributed by atoms with Gasteiger partial charge < -0.3 is 24.9 Å². The zero-order valence-electron chi connectivity index (χ0n) is 14.7. The molecule has 0 aromatic heterocycles. The Morgan fingerprint density at radius 2 is 1.86 bits per heavy atom. The molecule has 29 heavy (non-hydrogen) atoms. The number of non-ortho nitro benzene ring substituents is 1. The number of amides is 2. The molecule has 0 unspecified atom stereocenters. The number of nitro benzene ring substituents is 1. The van der Waals surface area contributed by atoms with Gasteiger partial charge in [-0.15, -0.1) is 0 Å². The fraction of sp³-hybridized carbons (Fsp3) is 0.118. The predicted octanol–water partition coefficient (Wildman–Crippen LogP) is 2.33. The van der Waals surface area contributed by atoms with Crippen molar-refractivity contribution in [2.45, 2.75) is 0 Å². The number of carboxylic acid groups (broad SMARTS) is 1.